The Hall–Kier alpha value is -4.16. The Balaban J connectivity index is 1.34. The highest BCUT2D eigenvalue weighted by Crippen LogP contribution is 2.31. The largest absolute Gasteiger partial charge is 0.416 e. The minimum absolute atomic E-state index is 0.0299. The van der Waals surface area contributed by atoms with Gasteiger partial charge in [-0.25, -0.2) is 13.2 Å². The van der Waals surface area contributed by atoms with Crippen molar-refractivity contribution < 1.29 is 26.4 Å². The van der Waals surface area contributed by atoms with Crippen molar-refractivity contribution in [3.8, 4) is 0 Å². The SMILES string of the molecule is O=C(Cn1c(=O)n(S(=O)(=O)c2cccc(C(F)(F)F)c2)c2ccccc21)N1CCN(CC=Cc2ccccc2)CC1. The molecule has 8 nitrogen and oxygen atoms in total. The van der Waals surface area contributed by atoms with E-state index < -0.39 is 38.9 Å². The summed E-state index contributed by atoms with van der Waals surface area (Å²) in [6, 6.07) is 19.1. The number of halogens is 3. The smallest absolute Gasteiger partial charge is 0.339 e. The number of rotatable bonds is 7. The van der Waals surface area contributed by atoms with Gasteiger partial charge in [-0.1, -0.05) is 60.7 Å². The van der Waals surface area contributed by atoms with Crippen molar-refractivity contribution in [2.24, 2.45) is 0 Å². The van der Waals surface area contributed by atoms with Crippen LogP contribution < -0.4 is 5.69 Å². The summed E-state index contributed by atoms with van der Waals surface area (Å²) in [5.41, 5.74) is -0.924. The van der Waals surface area contributed by atoms with Crippen LogP contribution in [0.5, 0.6) is 0 Å². The van der Waals surface area contributed by atoms with Gasteiger partial charge in [0.05, 0.1) is 21.5 Å². The van der Waals surface area contributed by atoms with Crippen LogP contribution in [0, 0.1) is 0 Å². The van der Waals surface area contributed by atoms with Gasteiger partial charge in [0.1, 0.15) is 6.54 Å². The van der Waals surface area contributed by atoms with E-state index in [0.717, 1.165) is 34.9 Å². The van der Waals surface area contributed by atoms with Crippen molar-refractivity contribution in [2.45, 2.75) is 17.6 Å². The van der Waals surface area contributed by atoms with Gasteiger partial charge in [0.25, 0.3) is 10.0 Å². The number of carbonyl (C=O) groups is 1. The fourth-order valence-electron chi connectivity index (χ4n) is 4.82. The van der Waals surface area contributed by atoms with Crippen LogP contribution in [-0.2, 0) is 27.5 Å². The summed E-state index contributed by atoms with van der Waals surface area (Å²) >= 11 is 0. The first kappa shape index (κ1) is 28.4. The average molecular weight is 585 g/mol. The molecule has 1 fully saturated rings. The second kappa shape index (κ2) is 11.4. The molecule has 0 saturated carbocycles. The van der Waals surface area contributed by atoms with Crippen LogP contribution >= 0.6 is 0 Å². The second-order valence-corrected chi connectivity index (χ2v) is 11.4. The molecular weight excluding hydrogens is 557 g/mol. The van der Waals surface area contributed by atoms with Crippen LogP contribution in [0.1, 0.15) is 11.1 Å². The fraction of sp³-hybridized carbons (Fsp3) is 0.241. The molecule has 1 aliphatic heterocycles. The Morgan fingerprint density at radius 3 is 2.20 bits per heavy atom. The molecule has 2 heterocycles. The van der Waals surface area contributed by atoms with Crippen molar-refractivity contribution in [3.63, 3.8) is 0 Å². The highest BCUT2D eigenvalue weighted by molar-refractivity contribution is 7.90. The summed E-state index contributed by atoms with van der Waals surface area (Å²) in [5.74, 6) is -0.356. The molecule has 0 bridgehead atoms. The lowest BCUT2D eigenvalue weighted by molar-refractivity contribution is -0.137. The van der Waals surface area contributed by atoms with E-state index in [2.05, 4.69) is 11.0 Å². The van der Waals surface area contributed by atoms with E-state index in [1.165, 1.54) is 18.2 Å². The summed E-state index contributed by atoms with van der Waals surface area (Å²) in [6.07, 6.45) is -0.668. The molecule has 0 aliphatic carbocycles. The minimum atomic E-state index is -4.76. The van der Waals surface area contributed by atoms with Crippen LogP contribution in [0.4, 0.5) is 13.2 Å². The second-order valence-electron chi connectivity index (χ2n) is 9.65. The van der Waals surface area contributed by atoms with E-state index >= 15 is 0 Å². The van der Waals surface area contributed by atoms with E-state index in [9.17, 15) is 31.2 Å². The molecule has 0 unspecified atom stereocenters. The standard InChI is InChI=1S/C29H27F3N4O4S/c30-29(31,32)23-11-6-12-24(20-23)41(39,40)36-26-14-5-4-13-25(26)35(28(36)38)21-27(37)34-18-16-33(17-19-34)15-7-10-22-8-2-1-3-9-22/h1-14,20H,15-19,21H2. The molecule has 0 atom stereocenters. The summed E-state index contributed by atoms with van der Waals surface area (Å²) < 4.78 is 68.2. The average Bonchev–Trinajstić information content (AvgIpc) is 3.25. The van der Waals surface area contributed by atoms with Crippen LogP contribution in [0.25, 0.3) is 17.1 Å². The van der Waals surface area contributed by atoms with Gasteiger partial charge >= 0.3 is 11.9 Å². The van der Waals surface area contributed by atoms with Gasteiger partial charge in [-0.3, -0.25) is 14.3 Å². The zero-order valence-corrected chi connectivity index (χ0v) is 22.7. The number of nitrogens with zero attached hydrogens (tertiary/aromatic N) is 4. The number of para-hydroxylation sites is 2. The Bertz CT molecular complexity index is 1750. The predicted octanol–water partition coefficient (Wildman–Crippen LogP) is 3.92. The zero-order chi connectivity index (χ0) is 29.2. The Kier molecular flexibility index (Phi) is 7.87. The summed E-state index contributed by atoms with van der Waals surface area (Å²) in [4.78, 5) is 29.8. The number of hydrogen-bond acceptors (Lipinski definition) is 5. The number of imidazole rings is 1. The maximum Gasteiger partial charge on any atom is 0.416 e. The zero-order valence-electron chi connectivity index (χ0n) is 21.9. The van der Waals surface area contributed by atoms with Crippen LogP contribution in [0.15, 0.2) is 94.6 Å². The monoisotopic (exact) mass is 584 g/mol. The number of hydrogen-bond donors (Lipinski definition) is 0. The van der Waals surface area contributed by atoms with E-state index in [1.54, 1.807) is 11.0 Å². The third-order valence-corrected chi connectivity index (χ3v) is 8.67. The molecule has 3 aromatic carbocycles. The molecule has 12 heteroatoms. The van der Waals surface area contributed by atoms with Crippen molar-refractivity contribution in [1.29, 1.82) is 0 Å². The summed E-state index contributed by atoms with van der Waals surface area (Å²) in [5, 5.41) is 0. The van der Waals surface area contributed by atoms with E-state index in [4.69, 9.17) is 0 Å². The van der Waals surface area contributed by atoms with E-state index in [-0.39, 0.29) is 16.9 Å². The minimum Gasteiger partial charge on any atom is -0.339 e. The quantitative estimate of drug-likeness (QED) is 0.329. The summed E-state index contributed by atoms with van der Waals surface area (Å²) in [7, 11) is -4.71. The molecule has 1 amide bonds. The number of piperazine rings is 1. The number of carbonyl (C=O) groups excluding carboxylic acids is 1. The molecule has 5 rings (SSSR count). The van der Waals surface area contributed by atoms with Gasteiger partial charge in [-0.2, -0.15) is 17.1 Å². The topological polar surface area (TPSA) is 84.6 Å². The molecule has 214 valence electrons. The lowest BCUT2D eigenvalue weighted by atomic mass is 10.2. The van der Waals surface area contributed by atoms with Crippen molar-refractivity contribution in [1.82, 2.24) is 18.3 Å². The molecule has 1 aromatic heterocycles. The van der Waals surface area contributed by atoms with E-state index in [1.807, 2.05) is 36.4 Å². The lowest BCUT2D eigenvalue weighted by Gasteiger charge is -2.34. The van der Waals surface area contributed by atoms with Gasteiger partial charge in [-0.15, -0.1) is 0 Å². The molecule has 0 spiro atoms. The maximum atomic E-state index is 13.4. The molecule has 1 aliphatic rings. The molecule has 1 saturated heterocycles. The Morgan fingerprint density at radius 2 is 1.51 bits per heavy atom. The molecule has 0 radical (unpaired) electrons. The first-order valence-electron chi connectivity index (χ1n) is 12.9. The predicted molar refractivity (Wildman–Crippen MR) is 149 cm³/mol. The lowest BCUT2D eigenvalue weighted by Crippen LogP contribution is -2.50. The highest BCUT2D eigenvalue weighted by Gasteiger charge is 2.33. The Labute approximate surface area is 234 Å². The first-order chi connectivity index (χ1) is 19.6. The normalized spacial score (nSPS) is 15.1. The van der Waals surface area contributed by atoms with Gasteiger partial charge in [-0.05, 0) is 35.9 Å². The van der Waals surface area contributed by atoms with Crippen LogP contribution in [0.2, 0.25) is 0 Å². The molecule has 41 heavy (non-hydrogen) atoms. The Morgan fingerprint density at radius 1 is 0.854 bits per heavy atom. The number of alkyl halides is 3. The first-order valence-corrected chi connectivity index (χ1v) is 14.3. The summed E-state index contributed by atoms with van der Waals surface area (Å²) in [6.45, 7) is 2.45. The molecular formula is C29H27F3N4O4S. The number of aromatic nitrogens is 2. The third kappa shape index (κ3) is 5.98. The third-order valence-electron chi connectivity index (χ3n) is 6.99. The van der Waals surface area contributed by atoms with Gasteiger partial charge in [0, 0.05) is 32.7 Å². The molecule has 0 N–H and O–H groups in total. The van der Waals surface area contributed by atoms with Crippen molar-refractivity contribution >= 4 is 33.0 Å². The number of benzene rings is 3. The maximum absolute atomic E-state index is 13.4. The number of amides is 1. The van der Waals surface area contributed by atoms with Gasteiger partial charge < -0.3 is 4.90 Å². The van der Waals surface area contributed by atoms with Crippen LogP contribution in [-0.4, -0.2) is 65.4 Å². The van der Waals surface area contributed by atoms with Gasteiger partial charge in [0.2, 0.25) is 5.91 Å². The fourth-order valence-corrected chi connectivity index (χ4v) is 6.28. The van der Waals surface area contributed by atoms with Crippen LogP contribution in [0.3, 0.4) is 0 Å². The van der Waals surface area contributed by atoms with Crippen molar-refractivity contribution in [2.75, 3.05) is 32.7 Å². The van der Waals surface area contributed by atoms with Crippen molar-refractivity contribution in [3.05, 3.63) is 107 Å². The highest BCUT2D eigenvalue weighted by atomic mass is 32.2. The van der Waals surface area contributed by atoms with Gasteiger partial charge in [0.15, 0.2) is 0 Å². The molecule has 4 aromatic rings. The number of fused-ring (bicyclic) bond motifs is 1. The van der Waals surface area contributed by atoms with E-state index in [0.29, 0.717) is 36.2 Å².